The summed E-state index contributed by atoms with van der Waals surface area (Å²) in [6, 6.07) is 12.2. The van der Waals surface area contributed by atoms with Crippen LogP contribution in [0.4, 0.5) is 9.18 Å². The molecule has 7 nitrogen and oxygen atoms in total. The lowest BCUT2D eigenvalue weighted by Crippen LogP contribution is -2.42. The highest BCUT2D eigenvalue weighted by Gasteiger charge is 2.21. The Hall–Kier alpha value is -3.20. The van der Waals surface area contributed by atoms with Gasteiger partial charge in [-0.25, -0.2) is 14.2 Å². The zero-order chi connectivity index (χ0) is 21.7. The predicted molar refractivity (Wildman–Crippen MR) is 114 cm³/mol. The number of hydrogen-bond acceptors (Lipinski definition) is 5. The fraction of sp³-hybridized carbons (Fsp3) is 0.238. The predicted octanol–water partition coefficient (Wildman–Crippen LogP) is 2.91. The van der Waals surface area contributed by atoms with E-state index in [1.165, 1.54) is 16.7 Å². The number of urea groups is 1. The maximum Gasteiger partial charge on any atom is 0.321 e. The molecule has 3 rings (SSSR count). The van der Waals surface area contributed by atoms with E-state index in [4.69, 9.17) is 0 Å². The number of carbonyl (C=O) groups excluding carboxylic acids is 2. The van der Waals surface area contributed by atoms with Crippen molar-refractivity contribution in [1.82, 2.24) is 20.2 Å². The van der Waals surface area contributed by atoms with Gasteiger partial charge in [-0.3, -0.25) is 19.5 Å². The van der Waals surface area contributed by atoms with Crippen LogP contribution < -0.4 is 16.2 Å². The standard InChI is InChI=1S/C21H21FN4O3S/c1-3-23-20(29)25-18(27)13(2)30-21-24-17-7-5-4-6-16(17)19(28)26(21)12-14-8-10-15(22)11-9-14/h4-11,13H,3,12H2,1-2H3,(H2,23,25,27,29). The third-order valence-electron chi connectivity index (χ3n) is 4.31. The molecule has 0 radical (unpaired) electrons. The van der Waals surface area contributed by atoms with Crippen LogP contribution in [-0.2, 0) is 11.3 Å². The number of para-hydroxylation sites is 1. The lowest BCUT2D eigenvalue weighted by Gasteiger charge is -2.16. The molecule has 0 saturated carbocycles. The number of nitrogens with one attached hydrogen (secondary N) is 2. The summed E-state index contributed by atoms with van der Waals surface area (Å²) in [7, 11) is 0. The van der Waals surface area contributed by atoms with Crippen molar-refractivity contribution in [2.24, 2.45) is 0 Å². The third-order valence-corrected chi connectivity index (χ3v) is 5.40. The molecule has 0 aliphatic carbocycles. The Bertz CT molecular complexity index is 1130. The summed E-state index contributed by atoms with van der Waals surface area (Å²) < 4.78 is 14.7. The van der Waals surface area contributed by atoms with Gasteiger partial charge in [0.15, 0.2) is 5.16 Å². The first-order valence-electron chi connectivity index (χ1n) is 9.38. The molecule has 3 amide bonds. The largest absolute Gasteiger partial charge is 0.338 e. The van der Waals surface area contributed by atoms with E-state index in [0.29, 0.717) is 22.6 Å². The van der Waals surface area contributed by atoms with E-state index in [-0.39, 0.29) is 17.9 Å². The molecule has 1 unspecified atom stereocenters. The second kappa shape index (κ2) is 9.53. The Kier molecular flexibility index (Phi) is 6.83. The summed E-state index contributed by atoms with van der Waals surface area (Å²) in [5, 5.41) is 4.86. The number of imide groups is 1. The van der Waals surface area contributed by atoms with Crippen molar-refractivity contribution in [3.63, 3.8) is 0 Å². The molecule has 1 heterocycles. The molecule has 2 aromatic carbocycles. The number of rotatable bonds is 6. The molecule has 0 aliphatic heterocycles. The van der Waals surface area contributed by atoms with E-state index in [2.05, 4.69) is 15.6 Å². The first-order valence-corrected chi connectivity index (χ1v) is 10.3. The van der Waals surface area contributed by atoms with Gasteiger partial charge in [0.2, 0.25) is 5.91 Å². The van der Waals surface area contributed by atoms with E-state index in [1.807, 2.05) is 0 Å². The van der Waals surface area contributed by atoms with Crippen LogP contribution in [0.1, 0.15) is 19.4 Å². The monoisotopic (exact) mass is 428 g/mol. The van der Waals surface area contributed by atoms with Crippen molar-refractivity contribution in [3.05, 3.63) is 70.3 Å². The molecule has 0 spiro atoms. The Morgan fingerprint density at radius 3 is 2.57 bits per heavy atom. The van der Waals surface area contributed by atoms with Gasteiger partial charge in [-0.2, -0.15) is 0 Å². The molecule has 0 bridgehead atoms. The second-order valence-electron chi connectivity index (χ2n) is 6.54. The number of thioether (sulfide) groups is 1. The molecule has 9 heteroatoms. The van der Waals surface area contributed by atoms with Gasteiger partial charge in [-0.1, -0.05) is 36.0 Å². The van der Waals surface area contributed by atoms with Crippen LogP contribution in [0, 0.1) is 5.82 Å². The Labute approximate surface area is 176 Å². The smallest absolute Gasteiger partial charge is 0.321 e. The van der Waals surface area contributed by atoms with E-state index in [1.54, 1.807) is 50.2 Å². The van der Waals surface area contributed by atoms with Crippen LogP contribution in [0.3, 0.4) is 0 Å². The van der Waals surface area contributed by atoms with Gasteiger partial charge in [0, 0.05) is 6.54 Å². The minimum absolute atomic E-state index is 0.171. The number of halogens is 1. The van der Waals surface area contributed by atoms with Crippen molar-refractivity contribution in [1.29, 1.82) is 0 Å². The van der Waals surface area contributed by atoms with Gasteiger partial charge in [0.1, 0.15) is 5.82 Å². The number of hydrogen-bond donors (Lipinski definition) is 2. The molecular formula is C21H21FN4O3S. The van der Waals surface area contributed by atoms with Crippen LogP contribution >= 0.6 is 11.8 Å². The number of fused-ring (bicyclic) bond motifs is 1. The summed E-state index contributed by atoms with van der Waals surface area (Å²) in [5.41, 5.74) is 0.970. The van der Waals surface area contributed by atoms with Crippen LogP contribution in [0.15, 0.2) is 58.5 Å². The molecule has 2 N–H and O–H groups in total. The lowest BCUT2D eigenvalue weighted by molar-refractivity contribution is -0.119. The highest BCUT2D eigenvalue weighted by atomic mass is 32.2. The number of amides is 3. The average Bonchev–Trinajstić information content (AvgIpc) is 2.72. The summed E-state index contributed by atoms with van der Waals surface area (Å²) in [6.07, 6.45) is 0. The summed E-state index contributed by atoms with van der Waals surface area (Å²) >= 11 is 1.08. The molecule has 30 heavy (non-hydrogen) atoms. The molecule has 0 saturated heterocycles. The molecular weight excluding hydrogens is 407 g/mol. The maximum atomic E-state index is 13.3. The van der Waals surface area contributed by atoms with Gasteiger partial charge < -0.3 is 5.32 Å². The van der Waals surface area contributed by atoms with Gasteiger partial charge >= 0.3 is 6.03 Å². The zero-order valence-electron chi connectivity index (χ0n) is 16.5. The summed E-state index contributed by atoms with van der Waals surface area (Å²) in [5.74, 6) is -0.866. The lowest BCUT2D eigenvalue weighted by atomic mass is 10.2. The number of benzene rings is 2. The minimum atomic E-state index is -0.680. The Morgan fingerprint density at radius 2 is 1.87 bits per heavy atom. The Balaban J connectivity index is 1.95. The van der Waals surface area contributed by atoms with Crippen LogP contribution in [-0.4, -0.2) is 33.3 Å². The average molecular weight is 428 g/mol. The van der Waals surface area contributed by atoms with Crippen LogP contribution in [0.25, 0.3) is 10.9 Å². The fourth-order valence-corrected chi connectivity index (χ4v) is 3.69. The number of carbonyl (C=O) groups is 2. The van der Waals surface area contributed by atoms with Crippen molar-refractivity contribution < 1.29 is 14.0 Å². The first-order chi connectivity index (χ1) is 14.4. The Morgan fingerprint density at radius 1 is 1.17 bits per heavy atom. The van der Waals surface area contributed by atoms with Crippen molar-refractivity contribution in [2.75, 3.05) is 6.54 Å². The van der Waals surface area contributed by atoms with Crippen molar-refractivity contribution >= 4 is 34.6 Å². The van der Waals surface area contributed by atoms with Crippen LogP contribution in [0.2, 0.25) is 0 Å². The SMILES string of the molecule is CCNC(=O)NC(=O)C(C)Sc1nc2ccccc2c(=O)n1Cc1ccc(F)cc1. The number of aromatic nitrogens is 2. The topological polar surface area (TPSA) is 93.1 Å². The van der Waals surface area contributed by atoms with E-state index < -0.39 is 17.2 Å². The van der Waals surface area contributed by atoms with E-state index in [9.17, 15) is 18.8 Å². The van der Waals surface area contributed by atoms with Gasteiger partial charge in [0.05, 0.1) is 22.7 Å². The molecule has 0 fully saturated rings. The molecule has 1 atom stereocenters. The van der Waals surface area contributed by atoms with E-state index in [0.717, 1.165) is 17.3 Å². The minimum Gasteiger partial charge on any atom is -0.338 e. The van der Waals surface area contributed by atoms with Gasteiger partial charge in [-0.05, 0) is 43.7 Å². The second-order valence-corrected chi connectivity index (χ2v) is 7.85. The van der Waals surface area contributed by atoms with Crippen LogP contribution in [0.5, 0.6) is 0 Å². The zero-order valence-corrected chi connectivity index (χ0v) is 17.3. The van der Waals surface area contributed by atoms with Gasteiger partial charge in [-0.15, -0.1) is 0 Å². The number of nitrogens with zero attached hydrogens (tertiary/aromatic N) is 2. The first kappa shape index (κ1) is 21.5. The quantitative estimate of drug-likeness (QED) is 0.465. The third kappa shape index (κ3) is 5.04. The molecule has 1 aromatic heterocycles. The summed E-state index contributed by atoms with van der Waals surface area (Å²) in [4.78, 5) is 41.6. The summed E-state index contributed by atoms with van der Waals surface area (Å²) in [6.45, 7) is 3.94. The highest BCUT2D eigenvalue weighted by molar-refractivity contribution is 8.00. The normalized spacial score (nSPS) is 11.8. The molecule has 3 aromatic rings. The fourth-order valence-electron chi connectivity index (χ4n) is 2.78. The highest BCUT2D eigenvalue weighted by Crippen LogP contribution is 2.23. The molecule has 156 valence electrons. The van der Waals surface area contributed by atoms with E-state index >= 15 is 0 Å². The van der Waals surface area contributed by atoms with Gasteiger partial charge in [0.25, 0.3) is 5.56 Å². The maximum absolute atomic E-state index is 13.3. The van der Waals surface area contributed by atoms with Crippen molar-refractivity contribution in [3.8, 4) is 0 Å². The van der Waals surface area contributed by atoms with Crippen molar-refractivity contribution in [2.45, 2.75) is 30.8 Å². The molecule has 0 aliphatic rings.